The van der Waals surface area contributed by atoms with Crippen molar-refractivity contribution in [3.8, 4) is 0 Å². The quantitative estimate of drug-likeness (QED) is 0.889. The van der Waals surface area contributed by atoms with Crippen molar-refractivity contribution in [3.05, 3.63) is 35.4 Å². The minimum Gasteiger partial charge on any atom is -0.444 e. The molecule has 0 spiro atoms. The molecule has 1 heterocycles. The van der Waals surface area contributed by atoms with Gasteiger partial charge in [-0.2, -0.15) is 0 Å². The lowest BCUT2D eigenvalue weighted by molar-refractivity contribution is 0.00519. The lowest BCUT2D eigenvalue weighted by Gasteiger charge is -2.40. The second-order valence-electron chi connectivity index (χ2n) is 6.44. The zero-order valence-corrected chi connectivity index (χ0v) is 12.9. The lowest BCUT2D eigenvalue weighted by atomic mass is 10.1. The van der Waals surface area contributed by atoms with Gasteiger partial charge in [0.05, 0.1) is 6.61 Å². The number of rotatable bonds is 4. The third-order valence-corrected chi connectivity index (χ3v) is 3.33. The van der Waals surface area contributed by atoms with Crippen LogP contribution in [0.5, 0.6) is 0 Å². The van der Waals surface area contributed by atoms with Crippen LogP contribution in [0, 0.1) is 0 Å². The summed E-state index contributed by atoms with van der Waals surface area (Å²) in [6, 6.07) is 8.16. The summed E-state index contributed by atoms with van der Waals surface area (Å²) >= 11 is 0. The molecule has 21 heavy (non-hydrogen) atoms. The van der Waals surface area contributed by atoms with Crippen LogP contribution in [0.3, 0.4) is 0 Å². The Kier molecular flexibility index (Phi) is 4.85. The van der Waals surface area contributed by atoms with Gasteiger partial charge in [-0.15, -0.1) is 0 Å². The predicted molar refractivity (Wildman–Crippen MR) is 80.8 cm³/mol. The third-order valence-electron chi connectivity index (χ3n) is 3.33. The summed E-state index contributed by atoms with van der Waals surface area (Å²) < 4.78 is 5.31. The fourth-order valence-corrected chi connectivity index (χ4v) is 2.11. The van der Waals surface area contributed by atoms with Crippen LogP contribution in [0.15, 0.2) is 24.3 Å². The Morgan fingerprint density at radius 2 is 1.86 bits per heavy atom. The highest BCUT2D eigenvalue weighted by Crippen LogP contribution is 2.15. The molecule has 2 rings (SSSR count). The number of hydrogen-bond donors (Lipinski definition) is 2. The summed E-state index contributed by atoms with van der Waals surface area (Å²) in [5, 5.41) is 12.4. The maximum absolute atomic E-state index is 11.8. The molecule has 1 aliphatic heterocycles. The van der Waals surface area contributed by atoms with Crippen LogP contribution >= 0.6 is 0 Å². The molecule has 0 aromatic heterocycles. The number of hydrogen-bond acceptors (Lipinski definition) is 4. The van der Waals surface area contributed by atoms with Crippen LogP contribution in [-0.4, -0.2) is 40.8 Å². The highest BCUT2D eigenvalue weighted by Gasteiger charge is 2.33. The minimum atomic E-state index is -0.440. The Hall–Kier alpha value is -1.59. The second-order valence-corrected chi connectivity index (χ2v) is 6.44. The van der Waals surface area contributed by atoms with E-state index in [9.17, 15) is 4.79 Å². The van der Waals surface area contributed by atoms with Crippen molar-refractivity contribution < 1.29 is 14.6 Å². The third kappa shape index (κ3) is 4.72. The first-order valence-corrected chi connectivity index (χ1v) is 7.27. The number of nitrogens with one attached hydrogen (secondary N) is 1. The fourth-order valence-electron chi connectivity index (χ4n) is 2.11. The highest BCUT2D eigenvalue weighted by molar-refractivity contribution is 5.69. The topological polar surface area (TPSA) is 61.8 Å². The molecular formula is C16H24N2O3. The molecular weight excluding hydrogens is 268 g/mol. The van der Waals surface area contributed by atoms with Gasteiger partial charge in [-0.25, -0.2) is 4.79 Å². The van der Waals surface area contributed by atoms with Crippen molar-refractivity contribution in [3.63, 3.8) is 0 Å². The number of carbonyl (C=O) groups excluding carboxylic acids is 1. The van der Waals surface area contributed by atoms with Crippen molar-refractivity contribution in [2.45, 2.75) is 45.6 Å². The molecule has 0 aliphatic carbocycles. The molecule has 2 N–H and O–H groups in total. The number of amides is 1. The number of ether oxygens (including phenoxy) is 1. The van der Waals surface area contributed by atoms with Crippen LogP contribution in [0.4, 0.5) is 4.79 Å². The SMILES string of the molecule is CC(C)(C)OC(=O)N1CC(NCc2ccc(CO)cc2)C1. The molecule has 0 unspecified atom stereocenters. The van der Waals surface area contributed by atoms with E-state index in [-0.39, 0.29) is 12.7 Å². The van der Waals surface area contributed by atoms with Gasteiger partial charge in [-0.05, 0) is 31.9 Å². The maximum atomic E-state index is 11.8. The molecule has 0 radical (unpaired) electrons. The predicted octanol–water partition coefficient (Wildman–Crippen LogP) is 1.89. The van der Waals surface area contributed by atoms with Gasteiger partial charge in [0, 0.05) is 25.7 Å². The molecule has 0 atom stereocenters. The monoisotopic (exact) mass is 292 g/mol. The smallest absolute Gasteiger partial charge is 0.410 e. The standard InChI is InChI=1S/C16H24N2O3/c1-16(2,3)21-15(20)18-9-14(10-18)17-8-12-4-6-13(11-19)7-5-12/h4-7,14,17,19H,8-11H2,1-3H3. The van der Waals surface area contributed by atoms with Crippen molar-refractivity contribution in [1.82, 2.24) is 10.2 Å². The zero-order chi connectivity index (χ0) is 15.5. The molecule has 0 saturated carbocycles. The molecule has 116 valence electrons. The molecule has 1 saturated heterocycles. The largest absolute Gasteiger partial charge is 0.444 e. The van der Waals surface area contributed by atoms with Gasteiger partial charge < -0.3 is 20.1 Å². The number of benzene rings is 1. The van der Waals surface area contributed by atoms with Crippen LogP contribution in [0.25, 0.3) is 0 Å². The van der Waals surface area contributed by atoms with Crippen molar-refractivity contribution >= 4 is 6.09 Å². The van der Waals surface area contributed by atoms with E-state index < -0.39 is 5.60 Å². The molecule has 1 aliphatic rings. The zero-order valence-electron chi connectivity index (χ0n) is 12.9. The second kappa shape index (κ2) is 6.45. The summed E-state index contributed by atoms with van der Waals surface area (Å²) in [4.78, 5) is 13.5. The molecule has 0 bridgehead atoms. The van der Waals surface area contributed by atoms with E-state index in [1.165, 1.54) is 5.56 Å². The Morgan fingerprint density at radius 3 is 2.38 bits per heavy atom. The van der Waals surface area contributed by atoms with E-state index in [1.807, 2.05) is 45.0 Å². The number of aliphatic hydroxyl groups is 1. The molecule has 1 aromatic rings. The van der Waals surface area contributed by atoms with Crippen LogP contribution in [0.2, 0.25) is 0 Å². The summed E-state index contributed by atoms with van der Waals surface area (Å²) in [7, 11) is 0. The van der Waals surface area contributed by atoms with Gasteiger partial charge in [0.25, 0.3) is 0 Å². The molecule has 1 aromatic carbocycles. The van der Waals surface area contributed by atoms with E-state index in [1.54, 1.807) is 4.90 Å². The molecule has 5 nitrogen and oxygen atoms in total. The average Bonchev–Trinajstić information content (AvgIpc) is 2.35. The summed E-state index contributed by atoms with van der Waals surface area (Å²) in [5.41, 5.74) is 1.64. The highest BCUT2D eigenvalue weighted by atomic mass is 16.6. The number of carbonyl (C=O) groups is 1. The minimum absolute atomic E-state index is 0.0706. The van der Waals surface area contributed by atoms with Gasteiger partial charge >= 0.3 is 6.09 Å². The average molecular weight is 292 g/mol. The Labute approximate surface area is 125 Å². The first kappa shape index (κ1) is 15.8. The first-order valence-electron chi connectivity index (χ1n) is 7.27. The van der Waals surface area contributed by atoms with E-state index in [0.29, 0.717) is 19.1 Å². The normalized spacial score (nSPS) is 15.7. The van der Waals surface area contributed by atoms with Crippen LogP contribution in [0.1, 0.15) is 31.9 Å². The Bertz CT molecular complexity index is 473. The van der Waals surface area contributed by atoms with Gasteiger partial charge in [-0.3, -0.25) is 0 Å². The Balaban J connectivity index is 1.69. The van der Waals surface area contributed by atoms with E-state index >= 15 is 0 Å². The molecule has 1 fully saturated rings. The van der Waals surface area contributed by atoms with Crippen LogP contribution < -0.4 is 5.32 Å². The molecule has 1 amide bonds. The number of aliphatic hydroxyl groups excluding tert-OH is 1. The van der Waals surface area contributed by atoms with E-state index in [4.69, 9.17) is 9.84 Å². The van der Waals surface area contributed by atoms with E-state index in [0.717, 1.165) is 12.1 Å². The fraction of sp³-hybridized carbons (Fsp3) is 0.562. The van der Waals surface area contributed by atoms with Crippen LogP contribution in [-0.2, 0) is 17.9 Å². The van der Waals surface area contributed by atoms with Gasteiger partial charge in [0.1, 0.15) is 5.60 Å². The van der Waals surface area contributed by atoms with Gasteiger partial charge in [-0.1, -0.05) is 24.3 Å². The van der Waals surface area contributed by atoms with Gasteiger partial charge in [0.15, 0.2) is 0 Å². The number of nitrogens with zero attached hydrogens (tertiary/aromatic N) is 1. The van der Waals surface area contributed by atoms with Crippen molar-refractivity contribution in [2.24, 2.45) is 0 Å². The summed E-state index contributed by atoms with van der Waals surface area (Å²) in [6.07, 6.45) is -0.243. The maximum Gasteiger partial charge on any atom is 0.410 e. The van der Waals surface area contributed by atoms with E-state index in [2.05, 4.69) is 5.32 Å². The summed E-state index contributed by atoms with van der Waals surface area (Å²) in [5.74, 6) is 0. The van der Waals surface area contributed by atoms with Crippen molar-refractivity contribution in [1.29, 1.82) is 0 Å². The lowest BCUT2D eigenvalue weighted by Crippen LogP contribution is -2.60. The van der Waals surface area contributed by atoms with Crippen molar-refractivity contribution in [2.75, 3.05) is 13.1 Å². The first-order chi connectivity index (χ1) is 9.87. The van der Waals surface area contributed by atoms with Gasteiger partial charge in [0.2, 0.25) is 0 Å². The summed E-state index contributed by atoms with van der Waals surface area (Å²) in [6.45, 7) is 7.82. The molecule has 5 heteroatoms. The Morgan fingerprint density at radius 1 is 1.29 bits per heavy atom. The number of likely N-dealkylation sites (tertiary alicyclic amines) is 1.